The van der Waals surface area contributed by atoms with E-state index in [2.05, 4.69) is 67.1 Å². The Bertz CT molecular complexity index is 375. The molecule has 0 fully saturated rings. The Kier molecular flexibility index (Phi) is 8.31. The number of nitrogens with one attached hydrogen (secondary N) is 1. The van der Waals surface area contributed by atoms with E-state index < -0.39 is 0 Å². The van der Waals surface area contributed by atoms with Crippen LogP contribution in [0.3, 0.4) is 0 Å². The highest BCUT2D eigenvalue weighted by atomic mass is 15.2. The van der Waals surface area contributed by atoms with Crippen LogP contribution < -0.4 is 10.2 Å². The molecule has 0 bridgehead atoms. The van der Waals surface area contributed by atoms with Gasteiger partial charge in [-0.3, -0.25) is 4.98 Å². The van der Waals surface area contributed by atoms with Crippen LogP contribution in [0, 0.1) is 0 Å². The van der Waals surface area contributed by atoms with E-state index in [0.29, 0.717) is 6.04 Å². The minimum Gasteiger partial charge on any atom is -0.369 e. The van der Waals surface area contributed by atoms with Crippen LogP contribution in [0.15, 0.2) is 18.3 Å². The van der Waals surface area contributed by atoms with Crippen molar-refractivity contribution in [1.82, 2.24) is 15.2 Å². The quantitative estimate of drug-likeness (QED) is 0.718. The fraction of sp³-hybridized carbons (Fsp3) is 0.706. The molecule has 0 saturated heterocycles. The van der Waals surface area contributed by atoms with E-state index in [1.54, 1.807) is 0 Å². The lowest BCUT2D eigenvalue weighted by molar-refractivity contribution is 0.413. The number of likely N-dealkylation sites (N-methyl/N-ethyl adjacent to an activating group) is 1. The van der Waals surface area contributed by atoms with E-state index >= 15 is 0 Å². The number of nitrogens with zero attached hydrogens (tertiary/aromatic N) is 3. The van der Waals surface area contributed by atoms with Crippen molar-refractivity contribution in [3.8, 4) is 0 Å². The molecular weight excluding hydrogens is 260 g/mol. The summed E-state index contributed by atoms with van der Waals surface area (Å²) in [5, 5.41) is 3.48. The molecule has 0 saturated carbocycles. The second-order valence-corrected chi connectivity index (χ2v) is 5.91. The SMILES string of the molecule is CCCNC(C)c1ccc(N(CCC)CCN(C)C)cn1. The Labute approximate surface area is 130 Å². The van der Waals surface area contributed by atoms with E-state index in [-0.39, 0.29) is 0 Å². The van der Waals surface area contributed by atoms with Crippen LogP contribution >= 0.6 is 0 Å². The molecule has 1 aromatic heterocycles. The van der Waals surface area contributed by atoms with E-state index in [1.165, 1.54) is 5.69 Å². The van der Waals surface area contributed by atoms with Crippen molar-refractivity contribution in [3.63, 3.8) is 0 Å². The average molecular weight is 292 g/mol. The molecule has 0 aliphatic carbocycles. The number of anilines is 1. The lowest BCUT2D eigenvalue weighted by Crippen LogP contribution is -2.32. The Balaban J connectivity index is 2.68. The highest BCUT2D eigenvalue weighted by Gasteiger charge is 2.09. The highest BCUT2D eigenvalue weighted by Crippen LogP contribution is 2.17. The van der Waals surface area contributed by atoms with Crippen LogP contribution in [0.1, 0.15) is 45.3 Å². The number of pyridine rings is 1. The molecule has 0 aliphatic heterocycles. The number of hydrogen-bond acceptors (Lipinski definition) is 4. The van der Waals surface area contributed by atoms with Crippen molar-refractivity contribution in [2.75, 3.05) is 45.2 Å². The first kappa shape index (κ1) is 17.9. The Morgan fingerprint density at radius 2 is 1.86 bits per heavy atom. The topological polar surface area (TPSA) is 31.4 Å². The predicted molar refractivity (Wildman–Crippen MR) is 92.0 cm³/mol. The fourth-order valence-electron chi connectivity index (χ4n) is 2.27. The molecule has 4 nitrogen and oxygen atoms in total. The maximum atomic E-state index is 4.64. The summed E-state index contributed by atoms with van der Waals surface area (Å²) in [6.07, 6.45) is 4.33. The third-order valence-electron chi connectivity index (χ3n) is 3.59. The van der Waals surface area contributed by atoms with Gasteiger partial charge in [-0.2, -0.15) is 0 Å². The molecule has 120 valence electrons. The summed E-state index contributed by atoms with van der Waals surface area (Å²) >= 11 is 0. The highest BCUT2D eigenvalue weighted by molar-refractivity contribution is 5.44. The van der Waals surface area contributed by atoms with Crippen LogP contribution in [0.4, 0.5) is 5.69 Å². The van der Waals surface area contributed by atoms with E-state index in [9.17, 15) is 0 Å². The van der Waals surface area contributed by atoms with Gasteiger partial charge in [0.15, 0.2) is 0 Å². The van der Waals surface area contributed by atoms with Gasteiger partial charge in [0.2, 0.25) is 0 Å². The van der Waals surface area contributed by atoms with Gasteiger partial charge in [0, 0.05) is 25.7 Å². The summed E-state index contributed by atoms with van der Waals surface area (Å²) in [4.78, 5) is 9.28. The van der Waals surface area contributed by atoms with Gasteiger partial charge in [-0.05, 0) is 52.5 Å². The number of hydrogen-bond donors (Lipinski definition) is 1. The molecule has 1 atom stereocenters. The summed E-state index contributed by atoms with van der Waals surface area (Å²) in [6.45, 7) is 10.8. The lowest BCUT2D eigenvalue weighted by Gasteiger charge is -2.26. The smallest absolute Gasteiger partial charge is 0.0572 e. The lowest BCUT2D eigenvalue weighted by atomic mass is 10.2. The Hall–Kier alpha value is -1.13. The molecule has 1 N–H and O–H groups in total. The zero-order valence-electron chi connectivity index (χ0n) is 14.4. The summed E-state index contributed by atoms with van der Waals surface area (Å²) in [5.41, 5.74) is 2.35. The van der Waals surface area contributed by atoms with Gasteiger partial charge in [-0.15, -0.1) is 0 Å². The van der Waals surface area contributed by atoms with Crippen LogP contribution in [0.25, 0.3) is 0 Å². The minimum absolute atomic E-state index is 0.320. The third-order valence-corrected chi connectivity index (χ3v) is 3.59. The fourth-order valence-corrected chi connectivity index (χ4v) is 2.27. The van der Waals surface area contributed by atoms with Gasteiger partial charge in [-0.1, -0.05) is 13.8 Å². The average Bonchev–Trinajstić information content (AvgIpc) is 2.49. The molecule has 0 aliphatic rings. The molecule has 0 amide bonds. The van der Waals surface area contributed by atoms with E-state index in [0.717, 1.165) is 44.7 Å². The van der Waals surface area contributed by atoms with Crippen molar-refractivity contribution in [2.45, 2.75) is 39.7 Å². The first-order valence-electron chi connectivity index (χ1n) is 8.17. The van der Waals surface area contributed by atoms with Crippen molar-refractivity contribution in [1.29, 1.82) is 0 Å². The maximum absolute atomic E-state index is 4.64. The third kappa shape index (κ3) is 6.44. The van der Waals surface area contributed by atoms with Gasteiger partial charge >= 0.3 is 0 Å². The number of aromatic nitrogens is 1. The van der Waals surface area contributed by atoms with Crippen molar-refractivity contribution < 1.29 is 0 Å². The van der Waals surface area contributed by atoms with Gasteiger partial charge in [-0.25, -0.2) is 0 Å². The van der Waals surface area contributed by atoms with E-state index in [1.807, 2.05) is 6.20 Å². The maximum Gasteiger partial charge on any atom is 0.0572 e. The monoisotopic (exact) mass is 292 g/mol. The van der Waals surface area contributed by atoms with Crippen LogP contribution in [0.5, 0.6) is 0 Å². The molecule has 4 heteroatoms. The first-order valence-corrected chi connectivity index (χ1v) is 8.17. The van der Waals surface area contributed by atoms with Gasteiger partial charge in [0.25, 0.3) is 0 Å². The molecule has 21 heavy (non-hydrogen) atoms. The molecule has 1 heterocycles. The molecule has 0 aromatic carbocycles. The second-order valence-electron chi connectivity index (χ2n) is 5.91. The predicted octanol–water partition coefficient (Wildman–Crippen LogP) is 2.92. The normalized spacial score (nSPS) is 12.7. The standard InChI is InChI=1S/C17H32N4/c1-6-10-18-15(3)17-9-8-16(14-19-17)21(11-7-2)13-12-20(4)5/h8-9,14-15,18H,6-7,10-13H2,1-5H3. The van der Waals surface area contributed by atoms with Crippen molar-refractivity contribution in [3.05, 3.63) is 24.0 Å². The largest absolute Gasteiger partial charge is 0.369 e. The summed E-state index contributed by atoms with van der Waals surface area (Å²) in [7, 11) is 4.24. The van der Waals surface area contributed by atoms with Gasteiger partial charge in [0.1, 0.15) is 0 Å². The first-order chi connectivity index (χ1) is 10.1. The Morgan fingerprint density at radius 3 is 2.38 bits per heavy atom. The number of rotatable bonds is 10. The van der Waals surface area contributed by atoms with Gasteiger partial charge < -0.3 is 15.1 Å². The summed E-state index contributed by atoms with van der Waals surface area (Å²) < 4.78 is 0. The minimum atomic E-state index is 0.320. The Morgan fingerprint density at radius 1 is 1.10 bits per heavy atom. The van der Waals surface area contributed by atoms with Crippen LogP contribution in [0.2, 0.25) is 0 Å². The van der Waals surface area contributed by atoms with Crippen LogP contribution in [-0.2, 0) is 0 Å². The molecule has 0 radical (unpaired) electrons. The molecule has 1 aromatic rings. The summed E-state index contributed by atoms with van der Waals surface area (Å²) in [6, 6.07) is 4.68. The van der Waals surface area contributed by atoms with Crippen LogP contribution in [-0.4, -0.2) is 50.2 Å². The zero-order chi connectivity index (χ0) is 15.7. The zero-order valence-corrected chi connectivity index (χ0v) is 14.4. The van der Waals surface area contributed by atoms with Gasteiger partial charge in [0.05, 0.1) is 17.6 Å². The second kappa shape index (κ2) is 9.74. The summed E-state index contributed by atoms with van der Waals surface area (Å²) in [5.74, 6) is 0. The molecule has 0 spiro atoms. The van der Waals surface area contributed by atoms with E-state index in [4.69, 9.17) is 0 Å². The van der Waals surface area contributed by atoms with Crippen molar-refractivity contribution >= 4 is 5.69 Å². The molecule has 1 unspecified atom stereocenters. The van der Waals surface area contributed by atoms with Crippen molar-refractivity contribution in [2.24, 2.45) is 0 Å². The molecule has 1 rings (SSSR count). The molecular formula is C17H32N4.